The van der Waals surface area contributed by atoms with Crippen molar-refractivity contribution in [3.05, 3.63) is 36.4 Å². The summed E-state index contributed by atoms with van der Waals surface area (Å²) < 4.78 is 19.4. The molecule has 8 nitrogen and oxygen atoms in total. The van der Waals surface area contributed by atoms with Gasteiger partial charge in [-0.3, -0.25) is 4.57 Å². The molecule has 8 heteroatoms. The maximum atomic E-state index is 12.1. The number of rotatable bonds is 2. The summed E-state index contributed by atoms with van der Waals surface area (Å²) in [7, 11) is 1.87. The van der Waals surface area contributed by atoms with Gasteiger partial charge in [-0.25, -0.2) is 14.5 Å². The fraction of sp³-hybridized carbons (Fsp3) is 0.421. The van der Waals surface area contributed by atoms with Gasteiger partial charge in [0.2, 0.25) is 0 Å². The highest BCUT2D eigenvalue weighted by atomic mass is 16.8. The molecule has 6 rings (SSSR count). The predicted molar refractivity (Wildman–Crippen MR) is 93.5 cm³/mol. The third kappa shape index (κ3) is 2.43. The van der Waals surface area contributed by atoms with Crippen molar-refractivity contribution in [2.24, 2.45) is 13.0 Å². The monoisotopic (exact) mass is 369 g/mol. The van der Waals surface area contributed by atoms with E-state index in [2.05, 4.69) is 4.98 Å². The van der Waals surface area contributed by atoms with Crippen molar-refractivity contribution in [3.8, 4) is 6.01 Å². The van der Waals surface area contributed by atoms with E-state index in [9.17, 15) is 9.59 Å². The average molecular weight is 369 g/mol. The van der Waals surface area contributed by atoms with E-state index in [0.717, 1.165) is 36.0 Å². The standard InChI is InChI=1S/C19H19N3O5/c1-21-14-5-3-2-4-13(14)20-18(21)25-17-12-8-10-22(11-9-12)19(17)26-15(23)6-7-16(24)27-19/h2-7,12,17H,8-11H2,1H3. The number of aromatic nitrogens is 2. The predicted octanol–water partition coefficient (Wildman–Crippen LogP) is 1.36. The summed E-state index contributed by atoms with van der Waals surface area (Å²) >= 11 is 0. The number of para-hydroxylation sites is 2. The molecule has 1 aromatic heterocycles. The highest BCUT2D eigenvalue weighted by molar-refractivity contribution is 5.93. The second kappa shape index (κ2) is 5.82. The van der Waals surface area contributed by atoms with Gasteiger partial charge in [0, 0.05) is 38.2 Å². The number of hydrogen-bond acceptors (Lipinski definition) is 7. The molecule has 1 unspecified atom stereocenters. The van der Waals surface area contributed by atoms with Crippen LogP contribution >= 0.6 is 0 Å². The Balaban J connectivity index is 1.56. The zero-order chi connectivity index (χ0) is 18.6. The largest absolute Gasteiger partial charge is 0.451 e. The van der Waals surface area contributed by atoms with Gasteiger partial charge >= 0.3 is 17.8 Å². The first kappa shape index (κ1) is 16.3. The molecular weight excluding hydrogens is 350 g/mol. The molecule has 0 radical (unpaired) electrons. The molecule has 3 fully saturated rings. The summed E-state index contributed by atoms with van der Waals surface area (Å²) in [6.45, 7) is 1.35. The third-order valence-electron chi connectivity index (χ3n) is 5.60. The lowest BCUT2D eigenvalue weighted by molar-refractivity contribution is -0.349. The van der Waals surface area contributed by atoms with Gasteiger partial charge < -0.3 is 14.2 Å². The van der Waals surface area contributed by atoms with Gasteiger partial charge in [0.25, 0.3) is 6.01 Å². The summed E-state index contributed by atoms with van der Waals surface area (Å²) in [6.07, 6.45) is 3.28. The van der Waals surface area contributed by atoms with Crippen LogP contribution < -0.4 is 4.74 Å². The molecule has 4 aliphatic rings. The first-order valence-corrected chi connectivity index (χ1v) is 9.04. The fourth-order valence-electron chi connectivity index (χ4n) is 4.26. The van der Waals surface area contributed by atoms with Crippen LogP contribution in [0.15, 0.2) is 36.4 Å². The molecule has 1 atom stereocenters. The van der Waals surface area contributed by atoms with Crippen LogP contribution in [-0.2, 0) is 26.1 Å². The van der Waals surface area contributed by atoms with Crippen LogP contribution in [0.5, 0.6) is 6.01 Å². The lowest BCUT2D eigenvalue weighted by Crippen LogP contribution is -2.71. The van der Waals surface area contributed by atoms with Gasteiger partial charge in [-0.15, -0.1) is 0 Å². The molecule has 140 valence electrons. The van der Waals surface area contributed by atoms with E-state index in [-0.39, 0.29) is 5.92 Å². The number of imidazole rings is 1. The quantitative estimate of drug-likeness (QED) is 0.739. The molecule has 4 aliphatic heterocycles. The number of hydrogen-bond donors (Lipinski definition) is 0. The summed E-state index contributed by atoms with van der Waals surface area (Å²) in [5, 5.41) is 0. The number of piperidine rings is 3. The van der Waals surface area contributed by atoms with E-state index in [0.29, 0.717) is 19.1 Å². The van der Waals surface area contributed by atoms with Crippen molar-refractivity contribution in [1.29, 1.82) is 0 Å². The Labute approximate surface area is 155 Å². The number of aryl methyl sites for hydroxylation is 1. The third-order valence-corrected chi connectivity index (χ3v) is 5.60. The lowest BCUT2D eigenvalue weighted by atomic mass is 9.82. The molecule has 0 aliphatic carbocycles. The van der Waals surface area contributed by atoms with E-state index in [1.54, 1.807) is 0 Å². The van der Waals surface area contributed by atoms with Gasteiger partial charge in [0.05, 0.1) is 11.0 Å². The Bertz CT molecular complexity index is 937. The second-order valence-electron chi connectivity index (χ2n) is 7.11. The maximum Gasteiger partial charge on any atom is 0.359 e. The van der Waals surface area contributed by atoms with Crippen molar-refractivity contribution in [2.75, 3.05) is 13.1 Å². The van der Waals surface area contributed by atoms with Crippen LogP contribution in [0, 0.1) is 5.92 Å². The number of benzene rings is 1. The van der Waals surface area contributed by atoms with Gasteiger partial charge in [0.1, 0.15) is 0 Å². The number of carbonyl (C=O) groups excluding carboxylic acids is 2. The molecule has 0 amide bonds. The van der Waals surface area contributed by atoms with Crippen LogP contribution in [0.25, 0.3) is 11.0 Å². The SMILES string of the molecule is Cn1c(OC2C3CCN(CC3)C23OC(=O)C=CC(=O)O3)nc2ccccc21. The Kier molecular flexibility index (Phi) is 3.51. The molecule has 2 aromatic rings. The van der Waals surface area contributed by atoms with Crippen molar-refractivity contribution >= 4 is 23.0 Å². The number of ether oxygens (including phenoxy) is 3. The summed E-state index contributed by atoms with van der Waals surface area (Å²) in [5.74, 6) is -2.70. The maximum absolute atomic E-state index is 12.1. The Hall–Kier alpha value is -2.87. The first-order chi connectivity index (χ1) is 13.1. The fourth-order valence-corrected chi connectivity index (χ4v) is 4.26. The normalized spacial score (nSPS) is 28.9. The topological polar surface area (TPSA) is 82.9 Å². The molecule has 5 heterocycles. The van der Waals surface area contributed by atoms with Gasteiger partial charge in [-0.1, -0.05) is 12.1 Å². The van der Waals surface area contributed by atoms with Crippen molar-refractivity contribution in [3.63, 3.8) is 0 Å². The average Bonchev–Trinajstić information content (AvgIpc) is 2.90. The van der Waals surface area contributed by atoms with Crippen LogP contribution in [-0.4, -0.2) is 51.5 Å². The Morgan fingerprint density at radius 2 is 1.78 bits per heavy atom. The molecule has 2 bridgehead atoms. The van der Waals surface area contributed by atoms with Crippen LogP contribution in [0.4, 0.5) is 0 Å². The summed E-state index contributed by atoms with van der Waals surface area (Å²) in [5.41, 5.74) is 1.74. The van der Waals surface area contributed by atoms with E-state index in [4.69, 9.17) is 14.2 Å². The highest BCUT2D eigenvalue weighted by Gasteiger charge is 2.62. The summed E-state index contributed by atoms with van der Waals surface area (Å²) in [6, 6.07) is 8.11. The first-order valence-electron chi connectivity index (χ1n) is 9.04. The number of carbonyl (C=O) groups is 2. The minimum absolute atomic E-state index is 0.0912. The molecule has 0 N–H and O–H groups in total. The van der Waals surface area contributed by atoms with Crippen LogP contribution in [0.2, 0.25) is 0 Å². The summed E-state index contributed by atoms with van der Waals surface area (Å²) in [4.78, 5) is 30.7. The highest BCUT2D eigenvalue weighted by Crippen LogP contribution is 2.44. The van der Waals surface area contributed by atoms with Gasteiger partial charge in [0.15, 0.2) is 6.10 Å². The van der Waals surface area contributed by atoms with Crippen molar-refractivity contribution < 1.29 is 23.8 Å². The Morgan fingerprint density at radius 1 is 1.11 bits per heavy atom. The lowest BCUT2D eigenvalue weighted by Gasteiger charge is -2.54. The van der Waals surface area contributed by atoms with Crippen LogP contribution in [0.3, 0.4) is 0 Å². The van der Waals surface area contributed by atoms with Crippen molar-refractivity contribution in [2.45, 2.75) is 24.9 Å². The number of fused-ring (bicyclic) bond motifs is 3. The minimum Gasteiger partial charge on any atom is -0.451 e. The molecule has 1 aromatic carbocycles. The second-order valence-corrected chi connectivity index (χ2v) is 7.11. The van der Waals surface area contributed by atoms with E-state index < -0.39 is 24.0 Å². The van der Waals surface area contributed by atoms with E-state index >= 15 is 0 Å². The Morgan fingerprint density at radius 3 is 2.44 bits per heavy atom. The minimum atomic E-state index is -1.56. The van der Waals surface area contributed by atoms with Gasteiger partial charge in [-0.05, 0) is 25.0 Å². The number of nitrogens with zero attached hydrogens (tertiary/aromatic N) is 3. The molecular formula is C19H19N3O5. The smallest absolute Gasteiger partial charge is 0.359 e. The molecule has 3 saturated heterocycles. The van der Waals surface area contributed by atoms with E-state index in [1.807, 2.05) is 40.8 Å². The molecule has 0 saturated carbocycles. The molecule has 27 heavy (non-hydrogen) atoms. The van der Waals surface area contributed by atoms with Crippen LogP contribution in [0.1, 0.15) is 12.8 Å². The van der Waals surface area contributed by atoms with Gasteiger partial charge in [-0.2, -0.15) is 4.98 Å². The van der Waals surface area contributed by atoms with E-state index in [1.165, 1.54) is 0 Å². The zero-order valence-electron chi connectivity index (χ0n) is 14.8. The van der Waals surface area contributed by atoms with Crippen molar-refractivity contribution in [1.82, 2.24) is 14.5 Å². The number of esters is 2. The zero-order valence-corrected chi connectivity index (χ0v) is 14.8. The molecule has 1 spiro atoms.